The van der Waals surface area contributed by atoms with Crippen molar-refractivity contribution in [2.45, 2.75) is 32.6 Å². The third kappa shape index (κ3) is 13.5. The average Bonchev–Trinajstić information content (AvgIpc) is 2.17. The van der Waals surface area contributed by atoms with Crippen LogP contribution in [0.4, 0.5) is 0 Å². The topological polar surface area (TPSA) is 17.1 Å². The van der Waals surface area contributed by atoms with Crippen molar-refractivity contribution in [3.8, 4) is 0 Å². The molecule has 0 aliphatic heterocycles. The summed E-state index contributed by atoms with van der Waals surface area (Å²) in [7, 11) is 0. The quantitative estimate of drug-likeness (QED) is 0.458. The summed E-state index contributed by atoms with van der Waals surface area (Å²) >= 11 is 0. The fraction of sp³-hybridized carbons (Fsp3) is 0.556. The summed E-state index contributed by atoms with van der Waals surface area (Å²) in [5.74, 6) is 0. The van der Waals surface area contributed by atoms with Crippen LogP contribution in [-0.4, -0.2) is 6.29 Å². The van der Waals surface area contributed by atoms with E-state index in [1.165, 1.54) is 38.9 Å². The molecule has 0 saturated heterocycles. The summed E-state index contributed by atoms with van der Waals surface area (Å²) in [6, 6.07) is 0. The van der Waals surface area contributed by atoms with Gasteiger partial charge in [-0.3, -0.25) is 6.29 Å². The summed E-state index contributed by atoms with van der Waals surface area (Å²) in [5, 5.41) is 0. The van der Waals surface area contributed by atoms with Gasteiger partial charge in [0, 0.05) is 32.7 Å². The minimum Gasteiger partial charge on any atom is -0.542 e. The van der Waals surface area contributed by atoms with Gasteiger partial charge in [-0.05, 0) is 0 Å². The molecule has 0 saturated carbocycles. The second-order valence-electron chi connectivity index (χ2n) is 2.12. The first-order valence-electron chi connectivity index (χ1n) is 3.67. The van der Waals surface area contributed by atoms with Gasteiger partial charge in [-0.25, -0.2) is 0 Å². The van der Waals surface area contributed by atoms with Crippen molar-refractivity contribution >= 4 is 6.29 Å². The Morgan fingerprint density at radius 2 is 1.64 bits per heavy atom. The molecule has 1 aliphatic rings. The van der Waals surface area contributed by atoms with Crippen molar-refractivity contribution in [2.75, 3.05) is 0 Å². The second-order valence-corrected chi connectivity index (χ2v) is 2.12. The predicted molar refractivity (Wildman–Crippen MR) is 43.3 cm³/mol. The van der Waals surface area contributed by atoms with E-state index in [-0.39, 0.29) is 32.7 Å². The Hall–Kier alpha value is 0.514. The minimum atomic E-state index is 0. The zero-order valence-electron chi connectivity index (χ0n) is 7.05. The molecule has 0 heterocycles. The molecule has 0 unspecified atom stereocenters. The number of rotatable bonds is 0. The third-order valence-electron chi connectivity index (χ3n) is 1.24. The third-order valence-corrected chi connectivity index (χ3v) is 1.24. The van der Waals surface area contributed by atoms with Crippen LogP contribution < -0.4 is 0 Å². The SMILES string of the molecule is C1=CCC[CH-]CC1.C[C-]=O.[Y]. The van der Waals surface area contributed by atoms with Gasteiger partial charge in [0.2, 0.25) is 0 Å². The summed E-state index contributed by atoms with van der Waals surface area (Å²) < 4.78 is 0. The summed E-state index contributed by atoms with van der Waals surface area (Å²) in [6.45, 7) is 1.32. The molecular weight excluding hydrogens is 213 g/mol. The van der Waals surface area contributed by atoms with Gasteiger partial charge < -0.3 is 11.2 Å². The van der Waals surface area contributed by atoms with Crippen LogP contribution in [0.2, 0.25) is 0 Å². The Labute approximate surface area is 94.5 Å². The van der Waals surface area contributed by atoms with Crippen LogP contribution in [0.25, 0.3) is 0 Å². The van der Waals surface area contributed by atoms with E-state index < -0.39 is 0 Å². The molecule has 1 nitrogen and oxygen atoms in total. The molecule has 2 heteroatoms. The zero-order valence-corrected chi connectivity index (χ0v) is 9.88. The number of carbonyl (C=O) groups excluding carboxylic acids is 1. The second kappa shape index (κ2) is 13.1. The van der Waals surface area contributed by atoms with Crippen molar-refractivity contribution < 1.29 is 37.5 Å². The van der Waals surface area contributed by atoms with Gasteiger partial charge in [-0.15, -0.1) is 0 Å². The van der Waals surface area contributed by atoms with Crippen LogP contribution in [0.3, 0.4) is 0 Å². The van der Waals surface area contributed by atoms with Crippen molar-refractivity contribution in [3.63, 3.8) is 0 Å². The van der Waals surface area contributed by atoms with Crippen LogP contribution >= 0.6 is 0 Å². The Balaban J connectivity index is 0. The van der Waals surface area contributed by atoms with E-state index in [1.54, 1.807) is 0 Å². The first kappa shape index (κ1) is 14.1. The van der Waals surface area contributed by atoms with Crippen LogP contribution in [0.1, 0.15) is 32.6 Å². The van der Waals surface area contributed by atoms with Crippen molar-refractivity contribution in [1.29, 1.82) is 0 Å². The molecule has 61 valence electrons. The maximum atomic E-state index is 8.68. The van der Waals surface area contributed by atoms with Crippen LogP contribution in [0.5, 0.6) is 0 Å². The number of hydrogen-bond acceptors (Lipinski definition) is 1. The van der Waals surface area contributed by atoms with Crippen molar-refractivity contribution in [2.24, 2.45) is 0 Å². The Kier molecular flexibility index (Phi) is 16.8. The first-order valence-corrected chi connectivity index (χ1v) is 3.67. The summed E-state index contributed by atoms with van der Waals surface area (Å²) in [4.78, 5) is 8.68. The molecule has 1 radical (unpaired) electrons. The van der Waals surface area contributed by atoms with E-state index in [0.29, 0.717) is 0 Å². The summed E-state index contributed by atoms with van der Waals surface area (Å²) in [6.07, 6.45) is 13.5. The van der Waals surface area contributed by atoms with Crippen molar-refractivity contribution in [3.05, 3.63) is 18.6 Å². The van der Waals surface area contributed by atoms with Gasteiger partial charge in [0.1, 0.15) is 0 Å². The van der Waals surface area contributed by atoms with E-state index in [4.69, 9.17) is 4.79 Å². The average molecular weight is 227 g/mol. The molecule has 1 aliphatic carbocycles. The Bertz CT molecular complexity index is 91.7. The first-order chi connectivity index (χ1) is 4.91. The number of hydrogen-bond donors (Lipinski definition) is 0. The van der Waals surface area contributed by atoms with Crippen LogP contribution in [0.15, 0.2) is 12.2 Å². The van der Waals surface area contributed by atoms with Gasteiger partial charge in [-0.2, -0.15) is 19.8 Å². The smallest absolute Gasteiger partial charge is 0 e. The number of allylic oxidation sites excluding steroid dienone is 2. The van der Waals surface area contributed by atoms with Crippen molar-refractivity contribution in [1.82, 2.24) is 0 Å². The van der Waals surface area contributed by atoms with Gasteiger partial charge in [0.15, 0.2) is 0 Å². The zero-order chi connectivity index (χ0) is 7.66. The van der Waals surface area contributed by atoms with E-state index in [9.17, 15) is 0 Å². The standard InChI is InChI=1S/C7H11.C2H3O.Y/c1-2-4-6-7-5-3-1;1-2-3;/h1-2,7H,3-6H2;1H3;/q2*-1;. The fourth-order valence-corrected chi connectivity index (χ4v) is 0.808. The monoisotopic (exact) mass is 227 g/mol. The molecule has 0 aromatic carbocycles. The molecule has 0 aromatic rings. The Morgan fingerprint density at radius 3 is 2.00 bits per heavy atom. The van der Waals surface area contributed by atoms with Gasteiger partial charge in [0.25, 0.3) is 0 Å². The maximum absolute atomic E-state index is 8.68. The van der Waals surface area contributed by atoms with E-state index in [2.05, 4.69) is 18.6 Å². The van der Waals surface area contributed by atoms with E-state index in [0.717, 1.165) is 0 Å². The molecule has 0 N–H and O–H groups in total. The van der Waals surface area contributed by atoms with Gasteiger partial charge >= 0.3 is 0 Å². The van der Waals surface area contributed by atoms with Gasteiger partial charge in [0.05, 0.1) is 0 Å². The molecule has 0 amide bonds. The predicted octanol–water partition coefficient (Wildman–Crippen LogP) is 2.43. The molecule has 0 spiro atoms. The fourth-order valence-electron chi connectivity index (χ4n) is 0.808. The molecule has 0 atom stereocenters. The van der Waals surface area contributed by atoms with Crippen LogP contribution in [0, 0.1) is 6.42 Å². The largest absolute Gasteiger partial charge is 0.542 e. The minimum absolute atomic E-state index is 0. The normalized spacial score (nSPS) is 15.0. The van der Waals surface area contributed by atoms with Crippen LogP contribution in [-0.2, 0) is 37.5 Å². The molecule has 1 rings (SSSR count). The molecule has 0 fully saturated rings. The molecule has 0 aromatic heterocycles. The summed E-state index contributed by atoms with van der Waals surface area (Å²) in [5.41, 5.74) is 0. The molecule has 11 heavy (non-hydrogen) atoms. The van der Waals surface area contributed by atoms with Gasteiger partial charge in [-0.1, -0.05) is 25.0 Å². The molecular formula is C9H14OY-2. The Morgan fingerprint density at radius 1 is 1.27 bits per heavy atom. The maximum Gasteiger partial charge on any atom is 0 e. The molecule has 0 bridgehead atoms. The van der Waals surface area contributed by atoms with E-state index >= 15 is 0 Å². The van der Waals surface area contributed by atoms with E-state index in [1.807, 2.05) is 0 Å².